The van der Waals surface area contributed by atoms with Gasteiger partial charge in [0.1, 0.15) is 36.9 Å². The second kappa shape index (κ2) is 24.1. The summed E-state index contributed by atoms with van der Waals surface area (Å²) in [4.78, 5) is 36.7. The molecule has 0 unspecified atom stereocenters. The SMILES string of the molecule is C/C=C/[C@H](O[Si](C)(C)C(C)(C)C)C(C)(C)[C@@H]1C\C=C/C=C\C=C\[C@H](OC)Cc2nc(co2)C(=O)O[C@H](C(C)(C)[C@H](/C=C/C)O[Si](C)(C)C(C)(C)C)C/C=C\[C@H]2O[C@H]2/C=C/C=C\c2nc(co2)C(=O)O1. The zero-order valence-corrected chi connectivity index (χ0v) is 46.5. The van der Waals surface area contributed by atoms with Gasteiger partial charge in [0.2, 0.25) is 5.89 Å². The predicted octanol–water partition coefficient (Wildman–Crippen LogP) is 13.3. The van der Waals surface area contributed by atoms with Crippen molar-refractivity contribution in [1.29, 1.82) is 0 Å². The van der Waals surface area contributed by atoms with E-state index in [1.807, 2.05) is 86.8 Å². The largest absolute Gasteiger partial charge is 0.457 e. The summed E-state index contributed by atoms with van der Waals surface area (Å²) in [5.74, 6) is -0.577. The molecule has 1 saturated heterocycles. The van der Waals surface area contributed by atoms with Crippen LogP contribution in [0.15, 0.2) is 113 Å². The van der Waals surface area contributed by atoms with Crippen molar-refractivity contribution in [2.75, 3.05) is 7.11 Å². The van der Waals surface area contributed by atoms with Crippen molar-refractivity contribution in [3.63, 3.8) is 0 Å². The summed E-state index contributed by atoms with van der Waals surface area (Å²) in [7, 11) is -2.87. The molecule has 0 radical (unpaired) electrons. The minimum absolute atomic E-state index is 0.0307. The first-order chi connectivity index (χ1) is 32.2. The van der Waals surface area contributed by atoms with Crippen LogP contribution < -0.4 is 0 Å². The van der Waals surface area contributed by atoms with E-state index < -0.39 is 57.7 Å². The second-order valence-corrected chi connectivity index (χ2v) is 31.7. The Kier molecular flexibility index (Phi) is 20.0. The molecule has 0 aliphatic carbocycles. The van der Waals surface area contributed by atoms with Crippen LogP contribution in [0.4, 0.5) is 0 Å². The second-order valence-electron chi connectivity index (χ2n) is 22.2. The van der Waals surface area contributed by atoms with Crippen LogP contribution in [-0.2, 0) is 34.2 Å². The van der Waals surface area contributed by atoms with Gasteiger partial charge in [0, 0.05) is 36.9 Å². The van der Waals surface area contributed by atoms with Gasteiger partial charge in [-0.1, -0.05) is 160 Å². The van der Waals surface area contributed by atoms with Crippen molar-refractivity contribution < 1.29 is 46.2 Å². The molecule has 14 heteroatoms. The van der Waals surface area contributed by atoms with E-state index in [4.69, 9.17) is 36.6 Å². The van der Waals surface area contributed by atoms with Crippen LogP contribution in [0.25, 0.3) is 6.08 Å². The Balaban J connectivity index is 1.66. The molecule has 69 heavy (non-hydrogen) atoms. The number of fused-ring (bicyclic) bond motifs is 5. The average Bonchev–Trinajstić information content (AvgIpc) is 3.56. The molecular formula is C55H82N2O10Si2. The highest BCUT2D eigenvalue weighted by Gasteiger charge is 2.47. The molecule has 0 spiro atoms. The van der Waals surface area contributed by atoms with Crippen LogP contribution in [0.1, 0.15) is 129 Å². The van der Waals surface area contributed by atoms with Crippen LogP contribution in [-0.4, -0.2) is 88.4 Å². The Morgan fingerprint density at radius 1 is 0.638 bits per heavy atom. The summed E-state index contributed by atoms with van der Waals surface area (Å²) in [6, 6.07) is 0. The Bertz CT molecular complexity index is 2240. The quantitative estimate of drug-likeness (QED) is 0.0914. The third-order valence-corrected chi connectivity index (χ3v) is 22.9. The lowest BCUT2D eigenvalue weighted by molar-refractivity contribution is -0.0425. The van der Waals surface area contributed by atoms with Crippen molar-refractivity contribution in [2.24, 2.45) is 10.8 Å². The molecule has 4 rings (SSSR count). The van der Waals surface area contributed by atoms with Crippen LogP contribution in [0, 0.1) is 10.8 Å². The molecule has 0 amide bonds. The van der Waals surface area contributed by atoms with Gasteiger partial charge in [-0.25, -0.2) is 19.6 Å². The number of esters is 2. The van der Waals surface area contributed by atoms with Gasteiger partial charge < -0.3 is 36.6 Å². The van der Waals surface area contributed by atoms with Gasteiger partial charge in [-0.3, -0.25) is 0 Å². The number of nitrogens with zero attached hydrogens (tertiary/aromatic N) is 2. The summed E-state index contributed by atoms with van der Waals surface area (Å²) in [6.45, 7) is 34.4. The molecule has 0 aromatic carbocycles. The molecule has 2 aromatic heterocycles. The van der Waals surface area contributed by atoms with Crippen molar-refractivity contribution in [3.8, 4) is 0 Å². The molecule has 4 bridgehead atoms. The van der Waals surface area contributed by atoms with E-state index in [0.717, 1.165) is 0 Å². The van der Waals surface area contributed by atoms with Crippen LogP contribution in [0.2, 0.25) is 36.3 Å². The molecule has 0 N–H and O–H groups in total. The summed E-state index contributed by atoms with van der Waals surface area (Å²) in [6.07, 6.45) is 32.0. The van der Waals surface area contributed by atoms with Gasteiger partial charge >= 0.3 is 11.9 Å². The van der Waals surface area contributed by atoms with Gasteiger partial charge in [0.25, 0.3) is 0 Å². The number of aromatic nitrogens is 2. The first kappa shape index (κ1) is 57.1. The number of hydrogen-bond donors (Lipinski definition) is 0. The van der Waals surface area contributed by atoms with Crippen molar-refractivity contribution in [3.05, 3.63) is 127 Å². The average molecular weight is 987 g/mol. The first-order valence-corrected chi connectivity index (χ1v) is 30.1. The van der Waals surface area contributed by atoms with Crippen molar-refractivity contribution in [1.82, 2.24) is 9.97 Å². The number of cyclic esters (lactones) is 2. The number of ether oxygens (including phenoxy) is 4. The fourth-order valence-corrected chi connectivity index (χ4v) is 9.76. The smallest absolute Gasteiger partial charge is 0.360 e. The van der Waals surface area contributed by atoms with Gasteiger partial charge in [-0.2, -0.15) is 0 Å². The third kappa shape index (κ3) is 16.0. The molecule has 2 aliphatic rings. The number of rotatable bonds is 11. The van der Waals surface area contributed by atoms with Crippen molar-refractivity contribution >= 4 is 34.6 Å². The zero-order valence-electron chi connectivity index (χ0n) is 44.5. The molecule has 2 aromatic rings. The summed E-state index contributed by atoms with van der Waals surface area (Å²) >= 11 is 0. The Labute approximate surface area is 415 Å². The number of oxazole rings is 2. The molecule has 1 fully saturated rings. The number of epoxide rings is 1. The topological polar surface area (TPSA) is 145 Å². The normalized spacial score (nSPS) is 26.0. The maximum atomic E-state index is 13.9. The predicted molar refractivity (Wildman–Crippen MR) is 280 cm³/mol. The maximum Gasteiger partial charge on any atom is 0.360 e. The van der Waals surface area contributed by atoms with E-state index in [2.05, 4.69) is 118 Å². The first-order valence-electron chi connectivity index (χ1n) is 24.3. The Morgan fingerprint density at radius 3 is 1.67 bits per heavy atom. The highest BCUT2D eigenvalue weighted by atomic mass is 28.4. The van der Waals surface area contributed by atoms with Gasteiger partial charge in [-0.15, -0.1) is 0 Å². The standard InChI is InChI=1S/C55H82N2O10Si2/c1-18-28-46(66-68(14,15)52(3,4)5)54(9,10)44-33-24-22-20-21-23-30-39(60-13)36-49-57-41(38-62-49)51(59)65-45(55(11,12)47(29-19-2)67-69(16,17)53(6,7)8)34-27-32-43-42(63-43)31-25-26-35-48-56-40(37-61-48)50(58)64-44/h18-32,35,37-39,42-47H,33-34,36H2,1-17H3/b21-20-,24-22-,28-18+,29-19+,30-23+,31-25+,32-27-,35-26-/t39-,42-,43+,44-,45-,46-,47-/m0/s1. The number of hydrogen-bond acceptors (Lipinski definition) is 12. The molecule has 4 heterocycles. The zero-order chi connectivity index (χ0) is 51.4. The third-order valence-electron chi connectivity index (χ3n) is 14.0. The number of carbonyl (C=O) groups excluding carboxylic acids is 2. The van der Waals surface area contributed by atoms with Crippen LogP contribution >= 0.6 is 0 Å². The summed E-state index contributed by atoms with van der Waals surface area (Å²) in [5.41, 5.74) is -1.15. The lowest BCUT2D eigenvalue weighted by atomic mass is 9.79. The van der Waals surface area contributed by atoms with Crippen LogP contribution in [0.3, 0.4) is 0 Å². The van der Waals surface area contributed by atoms with Gasteiger partial charge in [0.15, 0.2) is 33.9 Å². The molecule has 2 aliphatic heterocycles. The number of allylic oxidation sites excluding steroid dienone is 8. The summed E-state index contributed by atoms with van der Waals surface area (Å²) < 4.78 is 49.8. The van der Waals surface area contributed by atoms with Crippen molar-refractivity contribution in [2.45, 2.75) is 181 Å². The minimum atomic E-state index is -2.24. The number of carbonyl (C=O) groups is 2. The monoisotopic (exact) mass is 987 g/mol. The fourth-order valence-electron chi connectivity index (χ4n) is 7.02. The van der Waals surface area contributed by atoms with E-state index in [9.17, 15) is 9.59 Å². The molecule has 380 valence electrons. The lowest BCUT2D eigenvalue weighted by Gasteiger charge is -2.45. The lowest BCUT2D eigenvalue weighted by Crippen LogP contribution is -2.51. The van der Waals surface area contributed by atoms with Crippen LogP contribution in [0.5, 0.6) is 0 Å². The highest BCUT2D eigenvalue weighted by Crippen LogP contribution is 2.44. The Hall–Kier alpha value is -4.45. The van der Waals surface area contributed by atoms with E-state index in [1.54, 1.807) is 19.3 Å². The maximum absolute atomic E-state index is 13.9. The number of methoxy groups -OCH3 is 1. The fraction of sp³-hybridized carbons (Fsp3) is 0.564. The van der Waals surface area contributed by atoms with E-state index in [-0.39, 0.29) is 58.2 Å². The summed E-state index contributed by atoms with van der Waals surface area (Å²) in [5, 5.41) is -0.0650. The van der Waals surface area contributed by atoms with E-state index >= 15 is 0 Å². The molecule has 12 nitrogen and oxygen atoms in total. The van der Waals surface area contributed by atoms with E-state index in [0.29, 0.717) is 18.7 Å². The molecule has 0 saturated carbocycles. The van der Waals surface area contributed by atoms with Gasteiger partial charge in [-0.05, 0) is 50.1 Å². The van der Waals surface area contributed by atoms with E-state index in [1.165, 1.54) is 12.5 Å². The highest BCUT2D eigenvalue weighted by molar-refractivity contribution is 6.74. The molecule has 7 atom stereocenters. The minimum Gasteiger partial charge on any atom is -0.457 e. The Morgan fingerprint density at radius 2 is 1.13 bits per heavy atom. The molecular weight excluding hydrogens is 905 g/mol. The van der Waals surface area contributed by atoms with Gasteiger partial charge in [0.05, 0.1) is 24.7 Å².